The van der Waals surface area contributed by atoms with Crippen LogP contribution in [0.2, 0.25) is 0 Å². The van der Waals surface area contributed by atoms with Gasteiger partial charge in [0.15, 0.2) is 0 Å². The van der Waals surface area contributed by atoms with E-state index in [-0.39, 0.29) is 30.6 Å². The standard InChI is InChI=1S/C17H26N4O4/c1-18-15(22)7-8-16(23)20-11-9-19-10-12-21-17(24)13-3-5-14(25-2)6-4-13/h3-6,19H,7-12H2,1-2H3,(H,18,22)(H,20,23)(H,21,24). The minimum Gasteiger partial charge on any atom is -0.497 e. The van der Waals surface area contributed by atoms with E-state index in [4.69, 9.17) is 4.74 Å². The molecule has 0 aliphatic carbocycles. The molecule has 0 saturated heterocycles. The molecule has 1 aromatic carbocycles. The first-order chi connectivity index (χ1) is 12.1. The van der Waals surface area contributed by atoms with E-state index >= 15 is 0 Å². The van der Waals surface area contributed by atoms with Crippen LogP contribution in [-0.4, -0.2) is 58.1 Å². The Labute approximate surface area is 147 Å². The van der Waals surface area contributed by atoms with Crippen molar-refractivity contribution in [2.75, 3.05) is 40.3 Å². The van der Waals surface area contributed by atoms with E-state index in [1.54, 1.807) is 31.4 Å². The van der Waals surface area contributed by atoms with Crippen molar-refractivity contribution < 1.29 is 19.1 Å². The second-order valence-electron chi connectivity index (χ2n) is 5.26. The highest BCUT2D eigenvalue weighted by Gasteiger charge is 2.05. The van der Waals surface area contributed by atoms with E-state index in [1.807, 2.05) is 0 Å². The van der Waals surface area contributed by atoms with Crippen LogP contribution in [0, 0.1) is 0 Å². The zero-order valence-corrected chi connectivity index (χ0v) is 14.7. The third kappa shape index (κ3) is 8.71. The van der Waals surface area contributed by atoms with E-state index in [1.165, 1.54) is 7.05 Å². The van der Waals surface area contributed by atoms with Crippen molar-refractivity contribution in [1.82, 2.24) is 21.3 Å². The van der Waals surface area contributed by atoms with Gasteiger partial charge in [-0.3, -0.25) is 14.4 Å². The number of nitrogens with one attached hydrogen (secondary N) is 4. The van der Waals surface area contributed by atoms with Gasteiger partial charge in [-0.25, -0.2) is 0 Å². The Balaban J connectivity index is 2.05. The molecule has 8 heteroatoms. The number of hydrogen-bond acceptors (Lipinski definition) is 5. The van der Waals surface area contributed by atoms with E-state index in [9.17, 15) is 14.4 Å². The van der Waals surface area contributed by atoms with Gasteiger partial charge >= 0.3 is 0 Å². The summed E-state index contributed by atoms with van der Waals surface area (Å²) in [6.45, 7) is 2.13. The summed E-state index contributed by atoms with van der Waals surface area (Å²) in [7, 11) is 3.11. The number of ether oxygens (including phenoxy) is 1. The Bertz CT molecular complexity index is 560. The van der Waals surface area contributed by atoms with Crippen LogP contribution in [0.5, 0.6) is 5.75 Å². The fourth-order valence-electron chi connectivity index (χ4n) is 1.96. The molecule has 25 heavy (non-hydrogen) atoms. The van der Waals surface area contributed by atoms with Gasteiger partial charge in [0, 0.05) is 51.6 Å². The average Bonchev–Trinajstić information content (AvgIpc) is 2.65. The Kier molecular flexibility index (Phi) is 9.69. The second-order valence-corrected chi connectivity index (χ2v) is 5.26. The van der Waals surface area contributed by atoms with Gasteiger partial charge in [-0.1, -0.05) is 0 Å². The molecule has 0 aliphatic rings. The zero-order valence-electron chi connectivity index (χ0n) is 14.7. The van der Waals surface area contributed by atoms with Crippen LogP contribution in [0.4, 0.5) is 0 Å². The minimum absolute atomic E-state index is 0.146. The monoisotopic (exact) mass is 350 g/mol. The Morgan fingerprint density at radius 1 is 0.880 bits per heavy atom. The van der Waals surface area contributed by atoms with Gasteiger partial charge in [0.2, 0.25) is 11.8 Å². The summed E-state index contributed by atoms with van der Waals surface area (Å²) in [5.74, 6) is 0.252. The fraction of sp³-hybridized carbons (Fsp3) is 0.471. The van der Waals surface area contributed by atoms with Gasteiger partial charge in [-0.05, 0) is 24.3 Å². The van der Waals surface area contributed by atoms with Gasteiger partial charge in [0.25, 0.3) is 5.91 Å². The molecule has 0 atom stereocenters. The smallest absolute Gasteiger partial charge is 0.251 e. The summed E-state index contributed by atoms with van der Waals surface area (Å²) in [5.41, 5.74) is 0.573. The largest absolute Gasteiger partial charge is 0.497 e. The van der Waals surface area contributed by atoms with Crippen molar-refractivity contribution >= 4 is 17.7 Å². The van der Waals surface area contributed by atoms with Crippen LogP contribution in [0.1, 0.15) is 23.2 Å². The number of amides is 3. The highest BCUT2D eigenvalue weighted by atomic mass is 16.5. The predicted octanol–water partition coefficient (Wildman–Crippen LogP) is -0.343. The maximum Gasteiger partial charge on any atom is 0.251 e. The lowest BCUT2D eigenvalue weighted by atomic mass is 10.2. The third-order valence-corrected chi connectivity index (χ3v) is 3.42. The molecule has 1 rings (SSSR count). The molecular weight excluding hydrogens is 324 g/mol. The summed E-state index contributed by atoms with van der Waals surface area (Å²) in [4.78, 5) is 34.4. The van der Waals surface area contributed by atoms with E-state index in [0.29, 0.717) is 37.5 Å². The molecule has 0 aliphatic heterocycles. The van der Waals surface area contributed by atoms with Crippen molar-refractivity contribution in [2.45, 2.75) is 12.8 Å². The van der Waals surface area contributed by atoms with Crippen LogP contribution >= 0.6 is 0 Å². The van der Waals surface area contributed by atoms with Crippen LogP contribution < -0.4 is 26.0 Å². The molecule has 0 radical (unpaired) electrons. The number of methoxy groups -OCH3 is 1. The minimum atomic E-state index is -0.154. The Morgan fingerprint density at radius 3 is 2.08 bits per heavy atom. The van der Waals surface area contributed by atoms with E-state index < -0.39 is 0 Å². The summed E-state index contributed by atoms with van der Waals surface area (Å²) < 4.78 is 5.04. The first-order valence-electron chi connectivity index (χ1n) is 8.17. The average molecular weight is 350 g/mol. The Morgan fingerprint density at radius 2 is 1.48 bits per heavy atom. The first kappa shape index (κ1) is 20.4. The molecule has 0 heterocycles. The van der Waals surface area contributed by atoms with Crippen LogP contribution in [-0.2, 0) is 9.59 Å². The van der Waals surface area contributed by atoms with Gasteiger partial charge in [0.05, 0.1) is 7.11 Å². The van der Waals surface area contributed by atoms with Crippen LogP contribution in [0.15, 0.2) is 24.3 Å². The van der Waals surface area contributed by atoms with Gasteiger partial charge in [-0.2, -0.15) is 0 Å². The summed E-state index contributed by atoms with van der Waals surface area (Å²) in [5, 5.41) is 11.1. The lowest BCUT2D eigenvalue weighted by Crippen LogP contribution is -2.36. The molecular formula is C17H26N4O4. The molecule has 3 amide bonds. The molecule has 4 N–H and O–H groups in total. The van der Waals surface area contributed by atoms with Crippen molar-refractivity contribution in [3.05, 3.63) is 29.8 Å². The number of benzene rings is 1. The quantitative estimate of drug-likeness (QED) is 0.408. The highest BCUT2D eigenvalue weighted by Crippen LogP contribution is 2.10. The third-order valence-electron chi connectivity index (χ3n) is 3.42. The second kappa shape index (κ2) is 11.9. The van der Waals surface area contributed by atoms with Gasteiger partial charge < -0.3 is 26.0 Å². The Hall–Kier alpha value is -2.61. The normalized spacial score (nSPS) is 10.0. The van der Waals surface area contributed by atoms with Crippen molar-refractivity contribution in [3.8, 4) is 5.75 Å². The van der Waals surface area contributed by atoms with Gasteiger partial charge in [-0.15, -0.1) is 0 Å². The molecule has 0 spiro atoms. The van der Waals surface area contributed by atoms with Crippen molar-refractivity contribution in [1.29, 1.82) is 0 Å². The lowest BCUT2D eigenvalue weighted by Gasteiger charge is -2.08. The maximum absolute atomic E-state index is 11.9. The zero-order chi connectivity index (χ0) is 18.5. The first-order valence-corrected chi connectivity index (χ1v) is 8.17. The summed E-state index contributed by atoms with van der Waals surface area (Å²) in [6.07, 6.45) is 0.366. The fourth-order valence-corrected chi connectivity index (χ4v) is 1.96. The topological polar surface area (TPSA) is 109 Å². The predicted molar refractivity (Wildman–Crippen MR) is 94.5 cm³/mol. The number of rotatable bonds is 11. The SMILES string of the molecule is CNC(=O)CCC(=O)NCCNCCNC(=O)c1ccc(OC)cc1. The van der Waals surface area contributed by atoms with E-state index in [0.717, 1.165) is 0 Å². The van der Waals surface area contributed by atoms with Gasteiger partial charge in [0.1, 0.15) is 5.75 Å². The molecule has 138 valence electrons. The molecule has 8 nitrogen and oxygen atoms in total. The molecule has 0 aromatic heterocycles. The molecule has 0 unspecified atom stereocenters. The highest BCUT2D eigenvalue weighted by molar-refractivity contribution is 5.94. The maximum atomic E-state index is 11.9. The summed E-state index contributed by atoms with van der Waals surface area (Å²) in [6, 6.07) is 6.88. The molecule has 0 bridgehead atoms. The van der Waals surface area contributed by atoms with Crippen LogP contribution in [0.25, 0.3) is 0 Å². The van der Waals surface area contributed by atoms with E-state index in [2.05, 4.69) is 21.3 Å². The lowest BCUT2D eigenvalue weighted by molar-refractivity contribution is -0.126. The number of hydrogen-bond donors (Lipinski definition) is 4. The summed E-state index contributed by atoms with van der Waals surface area (Å²) >= 11 is 0. The number of carbonyl (C=O) groups is 3. The van der Waals surface area contributed by atoms with Crippen molar-refractivity contribution in [2.24, 2.45) is 0 Å². The molecule has 1 aromatic rings. The number of carbonyl (C=O) groups excluding carboxylic acids is 3. The van der Waals surface area contributed by atoms with Crippen molar-refractivity contribution in [3.63, 3.8) is 0 Å². The molecule has 0 saturated carbocycles. The van der Waals surface area contributed by atoms with Crippen LogP contribution in [0.3, 0.4) is 0 Å². The molecule has 0 fully saturated rings.